The Balaban J connectivity index is 2.87. The summed E-state index contributed by atoms with van der Waals surface area (Å²) in [6.07, 6.45) is 0.706. The summed E-state index contributed by atoms with van der Waals surface area (Å²) >= 11 is 5.77. The summed E-state index contributed by atoms with van der Waals surface area (Å²) in [5.74, 6) is -0.927. The molecule has 0 aliphatic carbocycles. The van der Waals surface area contributed by atoms with Crippen LogP contribution in [0.1, 0.15) is 31.9 Å². The first-order valence-electron chi connectivity index (χ1n) is 5.80. The van der Waals surface area contributed by atoms with Gasteiger partial charge in [0.15, 0.2) is 0 Å². The predicted molar refractivity (Wildman–Crippen MR) is 71.0 cm³/mol. The highest BCUT2D eigenvalue weighted by Gasteiger charge is 2.22. The third-order valence-electron chi connectivity index (χ3n) is 2.83. The van der Waals surface area contributed by atoms with Crippen molar-refractivity contribution in [1.29, 1.82) is 0 Å². The van der Waals surface area contributed by atoms with E-state index < -0.39 is 11.9 Å². The minimum absolute atomic E-state index is 0.154. The molecular weight excluding hydrogens is 252 g/mol. The summed E-state index contributed by atoms with van der Waals surface area (Å²) in [6, 6.07) is 5.84. The first-order valence-corrected chi connectivity index (χ1v) is 6.18. The van der Waals surface area contributed by atoms with Crippen LogP contribution < -0.4 is 11.1 Å². The molecule has 2 amide bonds. The average Bonchev–Trinajstić information content (AvgIpc) is 2.35. The lowest BCUT2D eigenvalue weighted by Gasteiger charge is -2.18. The number of hydrogen-bond donors (Lipinski definition) is 2. The molecule has 98 valence electrons. The molecule has 5 heteroatoms. The standard InChI is InChI=1S/C13H17ClN2O2/c1-3-8(2)13(18)16-11(12(15)17)9-4-6-10(14)7-5-9/h4-8,11H,3H2,1-2H3,(H2,15,17)(H,16,18)/t8-,11-/m0/s1. The minimum atomic E-state index is -0.816. The maximum absolute atomic E-state index is 11.8. The lowest BCUT2D eigenvalue weighted by Crippen LogP contribution is -2.39. The van der Waals surface area contributed by atoms with Crippen LogP contribution in [-0.4, -0.2) is 11.8 Å². The molecule has 0 saturated heterocycles. The second-order valence-electron chi connectivity index (χ2n) is 4.20. The van der Waals surface area contributed by atoms with Crippen molar-refractivity contribution in [3.63, 3.8) is 0 Å². The summed E-state index contributed by atoms with van der Waals surface area (Å²) in [5.41, 5.74) is 5.94. The highest BCUT2D eigenvalue weighted by molar-refractivity contribution is 6.30. The number of carbonyl (C=O) groups excluding carboxylic acids is 2. The van der Waals surface area contributed by atoms with E-state index in [0.717, 1.165) is 0 Å². The fraction of sp³-hybridized carbons (Fsp3) is 0.385. The molecule has 1 aromatic carbocycles. The van der Waals surface area contributed by atoms with Crippen LogP contribution in [0.3, 0.4) is 0 Å². The van der Waals surface area contributed by atoms with Crippen molar-refractivity contribution < 1.29 is 9.59 Å². The highest BCUT2D eigenvalue weighted by Crippen LogP contribution is 2.17. The molecular formula is C13H17ClN2O2. The van der Waals surface area contributed by atoms with Gasteiger partial charge in [0, 0.05) is 10.9 Å². The largest absolute Gasteiger partial charge is 0.368 e. The fourth-order valence-electron chi connectivity index (χ4n) is 1.44. The molecule has 0 heterocycles. The van der Waals surface area contributed by atoms with Gasteiger partial charge in [-0.2, -0.15) is 0 Å². The number of benzene rings is 1. The van der Waals surface area contributed by atoms with E-state index in [1.165, 1.54) is 0 Å². The normalized spacial score (nSPS) is 13.7. The topological polar surface area (TPSA) is 72.2 Å². The van der Waals surface area contributed by atoms with Crippen molar-refractivity contribution in [1.82, 2.24) is 5.32 Å². The lowest BCUT2D eigenvalue weighted by molar-refractivity contribution is -0.129. The Kier molecular flexibility index (Phi) is 5.16. The number of primary amides is 1. The zero-order valence-corrected chi connectivity index (χ0v) is 11.2. The van der Waals surface area contributed by atoms with E-state index in [2.05, 4.69) is 5.32 Å². The number of nitrogens with two attached hydrogens (primary N) is 1. The molecule has 0 aromatic heterocycles. The Morgan fingerprint density at radius 2 is 1.89 bits per heavy atom. The molecule has 0 aliphatic heterocycles. The number of amides is 2. The van der Waals surface area contributed by atoms with E-state index in [1.807, 2.05) is 6.92 Å². The van der Waals surface area contributed by atoms with E-state index in [-0.39, 0.29) is 11.8 Å². The molecule has 0 bridgehead atoms. The van der Waals surface area contributed by atoms with Gasteiger partial charge in [0.05, 0.1) is 0 Å². The van der Waals surface area contributed by atoms with Crippen molar-refractivity contribution in [2.75, 3.05) is 0 Å². The van der Waals surface area contributed by atoms with Gasteiger partial charge in [-0.15, -0.1) is 0 Å². The van der Waals surface area contributed by atoms with Crippen LogP contribution in [0.4, 0.5) is 0 Å². The van der Waals surface area contributed by atoms with Crippen LogP contribution >= 0.6 is 11.6 Å². The number of nitrogens with one attached hydrogen (secondary N) is 1. The Morgan fingerprint density at radius 3 is 2.33 bits per heavy atom. The van der Waals surface area contributed by atoms with Gasteiger partial charge >= 0.3 is 0 Å². The summed E-state index contributed by atoms with van der Waals surface area (Å²) in [5, 5.41) is 3.21. The lowest BCUT2D eigenvalue weighted by atomic mass is 10.0. The molecule has 0 unspecified atom stereocenters. The Bertz CT molecular complexity index is 431. The fourth-order valence-corrected chi connectivity index (χ4v) is 1.57. The molecule has 1 rings (SSSR count). The summed E-state index contributed by atoms with van der Waals surface area (Å²) in [6.45, 7) is 3.71. The van der Waals surface area contributed by atoms with E-state index in [9.17, 15) is 9.59 Å². The SMILES string of the molecule is CC[C@H](C)C(=O)N[C@H](C(N)=O)c1ccc(Cl)cc1. The van der Waals surface area contributed by atoms with Gasteiger partial charge in [0.25, 0.3) is 0 Å². The highest BCUT2D eigenvalue weighted by atomic mass is 35.5. The zero-order chi connectivity index (χ0) is 13.7. The van der Waals surface area contributed by atoms with Crippen molar-refractivity contribution >= 4 is 23.4 Å². The molecule has 18 heavy (non-hydrogen) atoms. The molecule has 0 radical (unpaired) electrons. The quantitative estimate of drug-likeness (QED) is 0.858. The van der Waals surface area contributed by atoms with Crippen molar-refractivity contribution in [3.05, 3.63) is 34.9 Å². The summed E-state index contributed by atoms with van der Waals surface area (Å²) < 4.78 is 0. The van der Waals surface area contributed by atoms with Crippen LogP contribution in [0.2, 0.25) is 5.02 Å². The van der Waals surface area contributed by atoms with Crippen LogP contribution in [0.15, 0.2) is 24.3 Å². The predicted octanol–water partition coefficient (Wildman–Crippen LogP) is 2.03. The van der Waals surface area contributed by atoms with Crippen LogP contribution in [0.5, 0.6) is 0 Å². The summed E-state index contributed by atoms with van der Waals surface area (Å²) in [4.78, 5) is 23.2. The van der Waals surface area contributed by atoms with E-state index >= 15 is 0 Å². The Morgan fingerprint density at radius 1 is 1.33 bits per heavy atom. The van der Waals surface area contributed by atoms with Crippen molar-refractivity contribution in [3.8, 4) is 0 Å². The molecule has 0 spiro atoms. The molecule has 0 saturated carbocycles. The first kappa shape index (κ1) is 14.5. The van der Waals surface area contributed by atoms with Gasteiger partial charge < -0.3 is 11.1 Å². The van der Waals surface area contributed by atoms with E-state index in [0.29, 0.717) is 17.0 Å². The van der Waals surface area contributed by atoms with E-state index in [1.54, 1.807) is 31.2 Å². The molecule has 3 N–H and O–H groups in total. The van der Waals surface area contributed by atoms with Gasteiger partial charge in [-0.3, -0.25) is 9.59 Å². The molecule has 0 aliphatic rings. The molecule has 2 atom stereocenters. The first-order chi connectivity index (χ1) is 8.45. The number of halogens is 1. The van der Waals surface area contributed by atoms with Crippen molar-refractivity contribution in [2.45, 2.75) is 26.3 Å². The monoisotopic (exact) mass is 268 g/mol. The second-order valence-corrected chi connectivity index (χ2v) is 4.64. The average molecular weight is 269 g/mol. The van der Waals surface area contributed by atoms with Gasteiger partial charge in [-0.05, 0) is 24.1 Å². The number of rotatable bonds is 5. The minimum Gasteiger partial charge on any atom is -0.368 e. The van der Waals surface area contributed by atoms with Crippen molar-refractivity contribution in [2.24, 2.45) is 11.7 Å². The maximum Gasteiger partial charge on any atom is 0.244 e. The Labute approximate surface area is 112 Å². The van der Waals surface area contributed by atoms with Crippen LogP contribution in [0, 0.1) is 5.92 Å². The smallest absolute Gasteiger partial charge is 0.244 e. The molecule has 4 nitrogen and oxygen atoms in total. The third kappa shape index (κ3) is 3.74. The van der Waals surface area contributed by atoms with Gasteiger partial charge in [0.2, 0.25) is 11.8 Å². The van der Waals surface area contributed by atoms with Gasteiger partial charge in [-0.25, -0.2) is 0 Å². The van der Waals surface area contributed by atoms with Crippen LogP contribution in [-0.2, 0) is 9.59 Å². The van der Waals surface area contributed by atoms with E-state index in [4.69, 9.17) is 17.3 Å². The maximum atomic E-state index is 11.8. The zero-order valence-electron chi connectivity index (χ0n) is 10.4. The number of carbonyl (C=O) groups is 2. The van der Waals surface area contributed by atoms with Gasteiger partial charge in [-0.1, -0.05) is 37.6 Å². The third-order valence-corrected chi connectivity index (χ3v) is 3.09. The second kappa shape index (κ2) is 6.40. The Hall–Kier alpha value is -1.55. The molecule has 0 fully saturated rings. The van der Waals surface area contributed by atoms with Gasteiger partial charge in [0.1, 0.15) is 6.04 Å². The molecule has 1 aromatic rings. The summed E-state index contributed by atoms with van der Waals surface area (Å²) in [7, 11) is 0. The number of hydrogen-bond acceptors (Lipinski definition) is 2. The van der Waals surface area contributed by atoms with Crippen LogP contribution in [0.25, 0.3) is 0 Å².